The maximum absolute atomic E-state index is 13.7. The Labute approximate surface area is 143 Å². The summed E-state index contributed by atoms with van der Waals surface area (Å²) in [5.41, 5.74) is 1.06. The lowest BCUT2D eigenvalue weighted by molar-refractivity contribution is -0.131. The maximum Gasteiger partial charge on any atom is 0.225 e. The number of carbonyl (C=O) groups excluding carboxylic acids is 1. The second-order valence-electron chi connectivity index (χ2n) is 7.80. The fourth-order valence-electron chi connectivity index (χ4n) is 4.41. The number of nitrogens with zero attached hydrogens (tertiary/aromatic N) is 2. The van der Waals surface area contributed by atoms with Gasteiger partial charge in [-0.1, -0.05) is 18.6 Å². The van der Waals surface area contributed by atoms with Gasteiger partial charge in [0, 0.05) is 31.5 Å². The van der Waals surface area contributed by atoms with Gasteiger partial charge in [0.1, 0.15) is 5.82 Å². The average Bonchev–Trinajstić information content (AvgIpc) is 3.36. The van der Waals surface area contributed by atoms with Crippen molar-refractivity contribution in [3.8, 4) is 0 Å². The number of halogens is 1. The van der Waals surface area contributed by atoms with Crippen LogP contribution in [0.25, 0.3) is 0 Å². The van der Waals surface area contributed by atoms with E-state index in [9.17, 15) is 9.18 Å². The van der Waals surface area contributed by atoms with Crippen molar-refractivity contribution < 1.29 is 9.18 Å². The molecular formula is C20H27FN2O. The molecule has 1 aliphatic carbocycles. The molecule has 3 aliphatic rings. The minimum Gasteiger partial charge on any atom is -0.341 e. The second kappa shape index (κ2) is 6.83. The Morgan fingerprint density at radius 1 is 1.12 bits per heavy atom. The number of benzene rings is 1. The van der Waals surface area contributed by atoms with Gasteiger partial charge in [-0.25, -0.2) is 4.39 Å². The summed E-state index contributed by atoms with van der Waals surface area (Å²) in [5, 5.41) is 0. The Morgan fingerprint density at radius 2 is 1.92 bits per heavy atom. The molecule has 3 fully saturated rings. The summed E-state index contributed by atoms with van der Waals surface area (Å²) in [6.45, 7) is 4.98. The molecule has 4 heteroatoms. The normalized spacial score (nSPS) is 28.3. The molecule has 4 rings (SSSR count). The number of hydrogen-bond donors (Lipinski definition) is 0. The quantitative estimate of drug-likeness (QED) is 0.846. The molecule has 2 aliphatic heterocycles. The smallest absolute Gasteiger partial charge is 0.225 e. The van der Waals surface area contributed by atoms with E-state index in [0.29, 0.717) is 11.8 Å². The Kier molecular flexibility index (Phi) is 4.57. The first-order valence-electron chi connectivity index (χ1n) is 9.47. The van der Waals surface area contributed by atoms with Crippen LogP contribution < -0.4 is 0 Å². The van der Waals surface area contributed by atoms with Crippen LogP contribution in [-0.2, 0) is 4.79 Å². The van der Waals surface area contributed by atoms with E-state index in [1.54, 1.807) is 12.1 Å². The molecule has 2 heterocycles. The summed E-state index contributed by atoms with van der Waals surface area (Å²) >= 11 is 0. The van der Waals surface area contributed by atoms with Gasteiger partial charge in [0.15, 0.2) is 0 Å². The number of rotatable bonds is 4. The molecule has 1 aromatic rings. The first-order chi connectivity index (χ1) is 11.7. The van der Waals surface area contributed by atoms with Crippen molar-refractivity contribution in [2.75, 3.05) is 32.7 Å². The van der Waals surface area contributed by atoms with Crippen LogP contribution in [0.4, 0.5) is 4.39 Å². The zero-order chi connectivity index (χ0) is 16.5. The van der Waals surface area contributed by atoms with Gasteiger partial charge in [-0.2, -0.15) is 0 Å². The fourth-order valence-corrected chi connectivity index (χ4v) is 4.41. The molecule has 2 atom stereocenters. The van der Waals surface area contributed by atoms with Crippen LogP contribution in [0.2, 0.25) is 0 Å². The third-order valence-electron chi connectivity index (χ3n) is 5.90. The molecule has 2 unspecified atom stereocenters. The Hall–Kier alpha value is -1.42. The minimum absolute atomic E-state index is 0.170. The van der Waals surface area contributed by atoms with Crippen LogP contribution in [0, 0.1) is 17.7 Å². The molecule has 1 saturated carbocycles. The summed E-state index contributed by atoms with van der Waals surface area (Å²) in [6.07, 6.45) is 6.00. The number of carbonyl (C=O) groups is 1. The van der Waals surface area contributed by atoms with Gasteiger partial charge < -0.3 is 9.80 Å². The molecule has 0 aromatic heterocycles. The zero-order valence-electron chi connectivity index (χ0n) is 14.3. The van der Waals surface area contributed by atoms with Gasteiger partial charge in [-0.15, -0.1) is 0 Å². The monoisotopic (exact) mass is 330 g/mol. The van der Waals surface area contributed by atoms with Crippen molar-refractivity contribution in [1.29, 1.82) is 0 Å². The Morgan fingerprint density at radius 3 is 2.62 bits per heavy atom. The van der Waals surface area contributed by atoms with Crippen molar-refractivity contribution in [2.45, 2.75) is 38.0 Å². The molecule has 3 nitrogen and oxygen atoms in total. The predicted octanol–water partition coefficient (Wildman–Crippen LogP) is 3.26. The van der Waals surface area contributed by atoms with Crippen molar-refractivity contribution in [1.82, 2.24) is 9.80 Å². The van der Waals surface area contributed by atoms with E-state index in [0.717, 1.165) is 38.0 Å². The van der Waals surface area contributed by atoms with Crippen molar-refractivity contribution in [3.05, 3.63) is 35.6 Å². The average molecular weight is 330 g/mol. The third kappa shape index (κ3) is 3.49. The molecule has 0 bridgehead atoms. The van der Waals surface area contributed by atoms with Crippen LogP contribution in [0.1, 0.15) is 43.6 Å². The highest BCUT2D eigenvalue weighted by atomic mass is 19.1. The van der Waals surface area contributed by atoms with Gasteiger partial charge in [-0.3, -0.25) is 4.79 Å². The number of amides is 1. The van der Waals surface area contributed by atoms with Gasteiger partial charge >= 0.3 is 0 Å². The van der Waals surface area contributed by atoms with Crippen LogP contribution in [0.5, 0.6) is 0 Å². The highest BCUT2D eigenvalue weighted by molar-refractivity contribution is 5.81. The standard InChI is InChI=1S/C20H27FN2O/c21-18-6-4-5-16(11-18)19-14-23(20(24)15-7-8-15)13-17(19)12-22-9-2-1-3-10-22/h4-6,11,15,17,19H,1-3,7-10,12-14H2. The molecule has 130 valence electrons. The molecule has 1 amide bonds. The molecule has 0 radical (unpaired) electrons. The lowest BCUT2D eigenvalue weighted by atomic mass is 9.88. The van der Waals surface area contributed by atoms with Crippen LogP contribution in [0.15, 0.2) is 24.3 Å². The maximum atomic E-state index is 13.7. The van der Waals surface area contributed by atoms with E-state index in [1.165, 1.54) is 38.4 Å². The first kappa shape index (κ1) is 16.1. The van der Waals surface area contributed by atoms with Crippen molar-refractivity contribution >= 4 is 5.91 Å². The van der Waals surface area contributed by atoms with E-state index in [2.05, 4.69) is 9.80 Å². The summed E-state index contributed by atoms with van der Waals surface area (Å²) in [4.78, 5) is 17.1. The van der Waals surface area contributed by atoms with Crippen LogP contribution >= 0.6 is 0 Å². The third-order valence-corrected chi connectivity index (χ3v) is 5.90. The van der Waals surface area contributed by atoms with Crippen molar-refractivity contribution in [3.63, 3.8) is 0 Å². The van der Waals surface area contributed by atoms with Gasteiger partial charge in [0.05, 0.1) is 0 Å². The van der Waals surface area contributed by atoms with E-state index >= 15 is 0 Å². The predicted molar refractivity (Wildman–Crippen MR) is 92.2 cm³/mol. The SMILES string of the molecule is O=C(C1CC1)N1CC(CN2CCCCC2)C(c2cccc(F)c2)C1. The summed E-state index contributed by atoms with van der Waals surface area (Å²) in [5.74, 6) is 1.12. The summed E-state index contributed by atoms with van der Waals surface area (Å²) in [6, 6.07) is 7.00. The van der Waals surface area contributed by atoms with Gasteiger partial charge in [0.25, 0.3) is 0 Å². The summed E-state index contributed by atoms with van der Waals surface area (Å²) < 4.78 is 13.7. The second-order valence-corrected chi connectivity index (χ2v) is 7.80. The topological polar surface area (TPSA) is 23.6 Å². The van der Waals surface area contributed by atoms with Crippen LogP contribution in [0.3, 0.4) is 0 Å². The molecule has 2 saturated heterocycles. The molecule has 1 aromatic carbocycles. The van der Waals surface area contributed by atoms with Gasteiger partial charge in [-0.05, 0) is 62.4 Å². The van der Waals surface area contributed by atoms with Crippen molar-refractivity contribution in [2.24, 2.45) is 11.8 Å². The number of likely N-dealkylation sites (tertiary alicyclic amines) is 2. The molecule has 0 N–H and O–H groups in total. The van der Waals surface area contributed by atoms with E-state index in [-0.39, 0.29) is 17.7 Å². The molecular weight excluding hydrogens is 303 g/mol. The first-order valence-corrected chi connectivity index (χ1v) is 9.47. The minimum atomic E-state index is -0.170. The largest absolute Gasteiger partial charge is 0.341 e. The highest BCUT2D eigenvalue weighted by Gasteiger charge is 2.41. The highest BCUT2D eigenvalue weighted by Crippen LogP contribution is 2.38. The fraction of sp³-hybridized carbons (Fsp3) is 0.650. The van der Waals surface area contributed by atoms with E-state index in [4.69, 9.17) is 0 Å². The molecule has 0 spiro atoms. The lowest BCUT2D eigenvalue weighted by Gasteiger charge is -2.31. The van der Waals surface area contributed by atoms with E-state index in [1.807, 2.05) is 6.07 Å². The van der Waals surface area contributed by atoms with Crippen LogP contribution in [-0.4, -0.2) is 48.4 Å². The summed E-state index contributed by atoms with van der Waals surface area (Å²) in [7, 11) is 0. The Bertz CT molecular complexity index is 595. The Balaban J connectivity index is 1.51. The van der Waals surface area contributed by atoms with E-state index < -0.39 is 0 Å². The van der Waals surface area contributed by atoms with Gasteiger partial charge in [0.2, 0.25) is 5.91 Å². The number of piperidine rings is 1. The molecule has 24 heavy (non-hydrogen) atoms. The lowest BCUT2D eigenvalue weighted by Crippen LogP contribution is -2.37. The zero-order valence-corrected chi connectivity index (χ0v) is 14.3. The number of hydrogen-bond acceptors (Lipinski definition) is 2.